The van der Waals surface area contributed by atoms with Crippen molar-refractivity contribution in [2.45, 2.75) is 51.2 Å². The van der Waals surface area contributed by atoms with E-state index in [1.54, 1.807) is 0 Å². The molecule has 0 saturated carbocycles. The second kappa shape index (κ2) is 9.61. The lowest BCUT2D eigenvalue weighted by atomic mass is 9.92. The summed E-state index contributed by atoms with van der Waals surface area (Å²) in [6.45, 7) is 5.91. The van der Waals surface area contributed by atoms with Gasteiger partial charge in [-0.25, -0.2) is 0 Å². The fraction of sp³-hybridized carbons (Fsp3) is 0.682. The number of likely N-dealkylation sites (tertiary alicyclic amines) is 1. The summed E-state index contributed by atoms with van der Waals surface area (Å²) < 4.78 is 16.8. The number of hydrogen-bond acceptors (Lipinski definition) is 5. The minimum absolute atomic E-state index is 0.175. The van der Waals surface area contributed by atoms with Gasteiger partial charge in [0.2, 0.25) is 5.91 Å². The number of rotatable bonds is 7. The van der Waals surface area contributed by atoms with E-state index in [0.717, 1.165) is 57.0 Å². The summed E-state index contributed by atoms with van der Waals surface area (Å²) in [4.78, 5) is 14.6. The minimum Gasteiger partial charge on any atom is -0.486 e. The van der Waals surface area contributed by atoms with E-state index in [1.165, 1.54) is 18.4 Å². The molecule has 1 atom stereocenters. The van der Waals surface area contributed by atoms with Gasteiger partial charge in [0.1, 0.15) is 13.2 Å². The molecular formula is C22H32N2O4. The van der Waals surface area contributed by atoms with E-state index in [0.29, 0.717) is 32.1 Å². The van der Waals surface area contributed by atoms with Gasteiger partial charge in [-0.1, -0.05) is 6.07 Å². The first kappa shape index (κ1) is 19.5. The van der Waals surface area contributed by atoms with Crippen LogP contribution in [0.3, 0.4) is 0 Å². The Morgan fingerprint density at radius 2 is 1.89 bits per heavy atom. The molecule has 0 unspecified atom stereocenters. The first-order chi connectivity index (χ1) is 13.8. The monoisotopic (exact) mass is 388 g/mol. The topological polar surface area (TPSA) is 60.0 Å². The van der Waals surface area contributed by atoms with Crippen molar-refractivity contribution in [2.75, 3.05) is 39.5 Å². The molecule has 3 aliphatic heterocycles. The molecule has 0 aliphatic carbocycles. The van der Waals surface area contributed by atoms with Crippen LogP contribution < -0.4 is 14.8 Å². The Bertz CT molecular complexity index is 652. The zero-order chi connectivity index (χ0) is 19.2. The van der Waals surface area contributed by atoms with Crippen LogP contribution >= 0.6 is 0 Å². The Morgan fingerprint density at radius 3 is 2.68 bits per heavy atom. The number of nitrogens with one attached hydrogen (secondary N) is 1. The predicted molar refractivity (Wildman–Crippen MR) is 107 cm³/mol. The molecule has 1 amide bonds. The lowest BCUT2D eigenvalue weighted by Crippen LogP contribution is -2.34. The molecule has 6 nitrogen and oxygen atoms in total. The smallest absolute Gasteiger partial charge is 0.220 e. The van der Waals surface area contributed by atoms with Crippen molar-refractivity contribution < 1.29 is 19.0 Å². The summed E-state index contributed by atoms with van der Waals surface area (Å²) in [6, 6.07) is 6.27. The number of carbonyl (C=O) groups is 1. The Balaban J connectivity index is 1.14. The average molecular weight is 389 g/mol. The van der Waals surface area contributed by atoms with Crippen molar-refractivity contribution in [3.8, 4) is 11.5 Å². The molecule has 28 heavy (non-hydrogen) atoms. The molecular weight excluding hydrogens is 356 g/mol. The number of carbonyl (C=O) groups excluding carboxylic acids is 1. The summed E-state index contributed by atoms with van der Waals surface area (Å²) in [5.74, 6) is 2.55. The number of benzene rings is 1. The molecule has 6 heteroatoms. The average Bonchev–Trinajstić information content (AvgIpc) is 3.25. The molecule has 3 aliphatic rings. The molecule has 0 radical (unpaired) electrons. The van der Waals surface area contributed by atoms with E-state index in [9.17, 15) is 4.79 Å². The summed E-state index contributed by atoms with van der Waals surface area (Å²) in [5.41, 5.74) is 1.27. The number of amides is 1. The van der Waals surface area contributed by atoms with Crippen LogP contribution in [0.25, 0.3) is 0 Å². The van der Waals surface area contributed by atoms with Gasteiger partial charge >= 0.3 is 0 Å². The molecule has 0 bridgehead atoms. The molecule has 2 fully saturated rings. The number of piperidine rings is 1. The highest BCUT2D eigenvalue weighted by Crippen LogP contribution is 2.31. The van der Waals surface area contributed by atoms with Gasteiger partial charge in [0.05, 0.1) is 6.10 Å². The van der Waals surface area contributed by atoms with Crippen LogP contribution in [0.2, 0.25) is 0 Å². The lowest BCUT2D eigenvalue weighted by Gasteiger charge is -2.32. The van der Waals surface area contributed by atoms with Gasteiger partial charge < -0.3 is 19.5 Å². The number of hydrogen-bond donors (Lipinski definition) is 1. The Kier molecular flexibility index (Phi) is 6.70. The van der Waals surface area contributed by atoms with Crippen LogP contribution in [0.15, 0.2) is 18.2 Å². The Morgan fingerprint density at radius 1 is 1.07 bits per heavy atom. The molecule has 154 valence electrons. The summed E-state index contributed by atoms with van der Waals surface area (Å²) in [6.07, 6.45) is 6.39. The molecule has 0 aromatic heterocycles. The van der Waals surface area contributed by atoms with Gasteiger partial charge in [0.15, 0.2) is 11.5 Å². The second-order valence-electron chi connectivity index (χ2n) is 8.18. The van der Waals surface area contributed by atoms with Gasteiger partial charge in [0.25, 0.3) is 0 Å². The highest BCUT2D eigenvalue weighted by molar-refractivity contribution is 5.75. The first-order valence-electron chi connectivity index (χ1n) is 10.8. The maximum atomic E-state index is 12.1. The SMILES string of the molecule is O=C(CCC1CCN(Cc2ccc3c(c2)OCCO3)CC1)NC[C@H]1CCCO1. The van der Waals surface area contributed by atoms with Crippen molar-refractivity contribution in [3.05, 3.63) is 23.8 Å². The molecule has 0 spiro atoms. The van der Waals surface area contributed by atoms with E-state index in [-0.39, 0.29) is 12.0 Å². The summed E-state index contributed by atoms with van der Waals surface area (Å²) in [7, 11) is 0. The highest BCUT2D eigenvalue weighted by atomic mass is 16.6. The summed E-state index contributed by atoms with van der Waals surface area (Å²) >= 11 is 0. The Labute approximate surface area is 167 Å². The van der Waals surface area contributed by atoms with Crippen LogP contribution in [0.4, 0.5) is 0 Å². The third kappa shape index (κ3) is 5.39. The van der Waals surface area contributed by atoms with Gasteiger partial charge in [-0.15, -0.1) is 0 Å². The van der Waals surface area contributed by atoms with E-state index in [4.69, 9.17) is 14.2 Å². The molecule has 3 heterocycles. The van der Waals surface area contributed by atoms with Gasteiger partial charge in [-0.2, -0.15) is 0 Å². The maximum absolute atomic E-state index is 12.1. The Hall–Kier alpha value is -1.79. The molecule has 1 aromatic carbocycles. The third-order valence-electron chi connectivity index (χ3n) is 6.05. The van der Waals surface area contributed by atoms with Crippen molar-refractivity contribution in [3.63, 3.8) is 0 Å². The highest BCUT2D eigenvalue weighted by Gasteiger charge is 2.21. The summed E-state index contributed by atoms with van der Waals surface area (Å²) in [5, 5.41) is 3.03. The van der Waals surface area contributed by atoms with Crippen LogP contribution in [0.5, 0.6) is 11.5 Å². The predicted octanol–water partition coefficient (Wildman–Crippen LogP) is 2.75. The van der Waals surface area contributed by atoms with Crippen molar-refractivity contribution in [2.24, 2.45) is 5.92 Å². The van der Waals surface area contributed by atoms with Crippen molar-refractivity contribution in [1.82, 2.24) is 10.2 Å². The van der Waals surface area contributed by atoms with Crippen LogP contribution in [0.1, 0.15) is 44.1 Å². The fourth-order valence-corrected chi connectivity index (χ4v) is 4.33. The molecule has 1 aromatic rings. The zero-order valence-electron chi connectivity index (χ0n) is 16.7. The van der Waals surface area contributed by atoms with Crippen LogP contribution in [-0.4, -0.2) is 56.4 Å². The van der Waals surface area contributed by atoms with E-state index >= 15 is 0 Å². The standard InChI is InChI=1S/C22H32N2O4/c25-22(23-15-19-2-1-11-26-19)6-4-17-7-9-24(10-8-17)16-18-3-5-20-21(14-18)28-13-12-27-20/h3,5,14,17,19H,1-2,4,6-13,15-16H2,(H,23,25)/t19-/m1/s1. The quantitative estimate of drug-likeness (QED) is 0.778. The fourth-order valence-electron chi connectivity index (χ4n) is 4.33. The largest absolute Gasteiger partial charge is 0.486 e. The van der Waals surface area contributed by atoms with Crippen molar-refractivity contribution in [1.29, 1.82) is 0 Å². The lowest BCUT2D eigenvalue weighted by molar-refractivity contribution is -0.122. The number of nitrogens with zero attached hydrogens (tertiary/aromatic N) is 1. The molecule has 2 saturated heterocycles. The molecule has 4 rings (SSSR count). The van der Waals surface area contributed by atoms with E-state index < -0.39 is 0 Å². The number of fused-ring (bicyclic) bond motifs is 1. The number of ether oxygens (including phenoxy) is 3. The van der Waals surface area contributed by atoms with Gasteiger partial charge in [0, 0.05) is 26.1 Å². The molecule has 1 N–H and O–H groups in total. The second-order valence-corrected chi connectivity index (χ2v) is 8.18. The first-order valence-corrected chi connectivity index (χ1v) is 10.8. The third-order valence-corrected chi connectivity index (χ3v) is 6.05. The van der Waals surface area contributed by atoms with Crippen LogP contribution in [0, 0.1) is 5.92 Å². The van der Waals surface area contributed by atoms with Crippen molar-refractivity contribution >= 4 is 5.91 Å². The van der Waals surface area contributed by atoms with Gasteiger partial charge in [-0.3, -0.25) is 9.69 Å². The van der Waals surface area contributed by atoms with Crippen LogP contribution in [-0.2, 0) is 16.1 Å². The maximum Gasteiger partial charge on any atom is 0.220 e. The van der Waals surface area contributed by atoms with E-state index in [1.807, 2.05) is 6.07 Å². The van der Waals surface area contributed by atoms with Gasteiger partial charge in [-0.05, 0) is 68.8 Å². The zero-order valence-corrected chi connectivity index (χ0v) is 16.7. The minimum atomic E-state index is 0.175. The van der Waals surface area contributed by atoms with E-state index in [2.05, 4.69) is 22.3 Å². The normalized spacial score (nSPS) is 22.9.